The highest BCUT2D eigenvalue weighted by Crippen LogP contribution is 2.26. The second kappa shape index (κ2) is 5.28. The zero-order valence-electron chi connectivity index (χ0n) is 9.70. The van der Waals surface area contributed by atoms with Gasteiger partial charge in [-0.1, -0.05) is 15.9 Å². The fourth-order valence-corrected chi connectivity index (χ4v) is 4.01. The Balaban J connectivity index is 3.23. The van der Waals surface area contributed by atoms with Crippen LogP contribution >= 0.6 is 31.9 Å². The van der Waals surface area contributed by atoms with E-state index in [-0.39, 0.29) is 4.90 Å². The number of hydrogen-bond acceptors (Lipinski definition) is 3. The van der Waals surface area contributed by atoms with E-state index in [0.29, 0.717) is 8.95 Å². The Morgan fingerprint density at radius 1 is 1.33 bits per heavy atom. The molecule has 0 aliphatic carbocycles. The molecule has 0 heterocycles. The Hall–Kier alpha value is -0.440. The van der Waals surface area contributed by atoms with Crippen molar-refractivity contribution in [1.82, 2.24) is 4.72 Å². The lowest BCUT2D eigenvalue weighted by molar-refractivity contribution is -0.122. The molecule has 0 unspecified atom stereocenters. The first-order chi connectivity index (χ1) is 8.06. The summed E-state index contributed by atoms with van der Waals surface area (Å²) in [5.41, 5.74) is 3.78. The second-order valence-corrected chi connectivity index (χ2v) is 7.59. The number of carbonyl (C=O) groups excluding carboxylic acids is 1. The molecule has 0 spiro atoms. The molecular weight excluding hydrogens is 388 g/mol. The highest BCUT2D eigenvalue weighted by Gasteiger charge is 2.32. The number of primary amides is 1. The van der Waals surface area contributed by atoms with Gasteiger partial charge in [0.25, 0.3) is 0 Å². The summed E-state index contributed by atoms with van der Waals surface area (Å²) >= 11 is 6.35. The molecule has 0 saturated heterocycles. The lowest BCUT2D eigenvalue weighted by Crippen LogP contribution is -2.52. The van der Waals surface area contributed by atoms with E-state index in [1.165, 1.54) is 19.9 Å². The standard InChI is InChI=1S/C10H12Br2N2O3S/c1-10(2,9(13)15)14-18(16,17)8-5-6(11)3-4-7(8)12/h3-5,14H,1-2H3,(H2,13,15). The van der Waals surface area contributed by atoms with Crippen LogP contribution in [-0.2, 0) is 14.8 Å². The van der Waals surface area contributed by atoms with E-state index in [4.69, 9.17) is 5.73 Å². The van der Waals surface area contributed by atoms with Gasteiger partial charge in [-0.15, -0.1) is 0 Å². The van der Waals surface area contributed by atoms with Gasteiger partial charge in [-0.25, -0.2) is 8.42 Å². The number of nitrogens with two attached hydrogens (primary N) is 1. The molecule has 0 atom stereocenters. The van der Waals surface area contributed by atoms with Crippen LogP contribution in [0.15, 0.2) is 32.0 Å². The minimum absolute atomic E-state index is 0.0335. The monoisotopic (exact) mass is 398 g/mol. The average Bonchev–Trinajstić information content (AvgIpc) is 2.19. The van der Waals surface area contributed by atoms with Crippen molar-refractivity contribution in [2.75, 3.05) is 0 Å². The maximum atomic E-state index is 12.2. The summed E-state index contributed by atoms with van der Waals surface area (Å²) in [4.78, 5) is 11.2. The molecule has 0 radical (unpaired) electrons. The molecule has 18 heavy (non-hydrogen) atoms. The summed E-state index contributed by atoms with van der Waals surface area (Å²) in [7, 11) is -3.84. The predicted molar refractivity (Wildman–Crippen MR) is 75.4 cm³/mol. The summed E-state index contributed by atoms with van der Waals surface area (Å²) < 4.78 is 27.6. The zero-order valence-corrected chi connectivity index (χ0v) is 13.7. The van der Waals surface area contributed by atoms with E-state index in [2.05, 4.69) is 36.6 Å². The van der Waals surface area contributed by atoms with Gasteiger partial charge in [-0.05, 0) is 48.0 Å². The quantitative estimate of drug-likeness (QED) is 0.808. The van der Waals surface area contributed by atoms with Crippen molar-refractivity contribution >= 4 is 47.8 Å². The number of rotatable bonds is 4. The third kappa shape index (κ3) is 3.53. The van der Waals surface area contributed by atoms with Crippen LogP contribution in [0, 0.1) is 0 Å². The number of carbonyl (C=O) groups is 1. The Kier molecular flexibility index (Phi) is 4.58. The van der Waals surface area contributed by atoms with E-state index >= 15 is 0 Å². The number of sulfonamides is 1. The van der Waals surface area contributed by atoms with E-state index < -0.39 is 21.5 Å². The van der Waals surface area contributed by atoms with E-state index in [9.17, 15) is 13.2 Å². The Morgan fingerprint density at radius 2 is 1.89 bits per heavy atom. The maximum absolute atomic E-state index is 12.2. The summed E-state index contributed by atoms with van der Waals surface area (Å²) in [6.45, 7) is 2.80. The predicted octanol–water partition coefficient (Wildman–Crippen LogP) is 1.75. The molecule has 0 aliphatic rings. The van der Waals surface area contributed by atoms with Crippen LogP contribution in [0.5, 0.6) is 0 Å². The van der Waals surface area contributed by atoms with Gasteiger partial charge in [0, 0.05) is 8.95 Å². The van der Waals surface area contributed by atoms with Crippen LogP contribution in [0.3, 0.4) is 0 Å². The minimum atomic E-state index is -3.84. The molecule has 0 saturated carbocycles. The number of nitrogens with one attached hydrogen (secondary N) is 1. The number of hydrogen-bond donors (Lipinski definition) is 2. The molecule has 1 amide bonds. The highest BCUT2D eigenvalue weighted by molar-refractivity contribution is 9.11. The van der Waals surface area contributed by atoms with Crippen molar-refractivity contribution in [3.63, 3.8) is 0 Å². The lowest BCUT2D eigenvalue weighted by Gasteiger charge is -2.22. The Labute approximate surface area is 122 Å². The van der Waals surface area contributed by atoms with Crippen molar-refractivity contribution in [3.05, 3.63) is 27.1 Å². The maximum Gasteiger partial charge on any atom is 0.242 e. The van der Waals surface area contributed by atoms with Gasteiger partial charge >= 0.3 is 0 Å². The van der Waals surface area contributed by atoms with E-state index in [0.717, 1.165) is 0 Å². The first-order valence-corrected chi connectivity index (χ1v) is 7.92. The summed E-state index contributed by atoms with van der Waals surface area (Å²) in [6, 6.07) is 4.72. The molecular formula is C10H12Br2N2O3S. The van der Waals surface area contributed by atoms with Crippen LogP contribution in [0.2, 0.25) is 0 Å². The second-order valence-electron chi connectivity index (χ2n) is 4.17. The number of halogens is 2. The van der Waals surface area contributed by atoms with Crippen LogP contribution < -0.4 is 10.5 Å². The van der Waals surface area contributed by atoms with Crippen LogP contribution in [0.25, 0.3) is 0 Å². The Morgan fingerprint density at radius 3 is 2.39 bits per heavy atom. The molecule has 1 aromatic rings. The Bertz CT molecular complexity index is 585. The van der Waals surface area contributed by atoms with Crippen molar-refractivity contribution < 1.29 is 13.2 Å². The van der Waals surface area contributed by atoms with Crippen LogP contribution in [-0.4, -0.2) is 19.9 Å². The first-order valence-electron chi connectivity index (χ1n) is 4.85. The van der Waals surface area contributed by atoms with Gasteiger partial charge in [-0.3, -0.25) is 4.79 Å². The molecule has 8 heteroatoms. The minimum Gasteiger partial charge on any atom is -0.368 e. The van der Waals surface area contributed by atoms with Gasteiger partial charge < -0.3 is 5.73 Å². The molecule has 0 bridgehead atoms. The van der Waals surface area contributed by atoms with Crippen LogP contribution in [0.4, 0.5) is 0 Å². The molecule has 0 aromatic heterocycles. The topological polar surface area (TPSA) is 89.3 Å². The average molecular weight is 400 g/mol. The van der Waals surface area contributed by atoms with Gasteiger partial charge in [-0.2, -0.15) is 4.72 Å². The summed E-state index contributed by atoms with van der Waals surface area (Å²) in [5.74, 6) is -0.753. The molecule has 0 aliphatic heterocycles. The molecule has 1 aromatic carbocycles. The van der Waals surface area contributed by atoms with Gasteiger partial charge in [0.2, 0.25) is 15.9 Å². The smallest absolute Gasteiger partial charge is 0.242 e. The number of amides is 1. The molecule has 1 rings (SSSR count). The van der Waals surface area contributed by atoms with Crippen molar-refractivity contribution in [2.45, 2.75) is 24.3 Å². The first kappa shape index (κ1) is 15.6. The molecule has 100 valence electrons. The van der Waals surface area contributed by atoms with Gasteiger partial charge in [0.15, 0.2) is 0 Å². The lowest BCUT2D eigenvalue weighted by atomic mass is 10.1. The van der Waals surface area contributed by atoms with Crippen molar-refractivity contribution in [3.8, 4) is 0 Å². The third-order valence-corrected chi connectivity index (χ3v) is 5.33. The van der Waals surface area contributed by atoms with Crippen molar-refractivity contribution in [1.29, 1.82) is 0 Å². The SMILES string of the molecule is CC(C)(NS(=O)(=O)c1cc(Br)ccc1Br)C(N)=O. The van der Waals surface area contributed by atoms with E-state index in [1.54, 1.807) is 12.1 Å². The van der Waals surface area contributed by atoms with Crippen LogP contribution in [0.1, 0.15) is 13.8 Å². The largest absolute Gasteiger partial charge is 0.368 e. The van der Waals surface area contributed by atoms with E-state index in [1.807, 2.05) is 0 Å². The third-order valence-electron chi connectivity index (χ3n) is 2.19. The normalized spacial score (nSPS) is 12.4. The van der Waals surface area contributed by atoms with Crippen molar-refractivity contribution in [2.24, 2.45) is 5.73 Å². The van der Waals surface area contributed by atoms with Gasteiger partial charge in [0.05, 0.1) is 4.90 Å². The summed E-state index contributed by atoms with van der Waals surface area (Å²) in [5, 5.41) is 0. The molecule has 5 nitrogen and oxygen atoms in total. The zero-order chi connectivity index (χ0) is 14.1. The number of benzene rings is 1. The van der Waals surface area contributed by atoms with Gasteiger partial charge in [0.1, 0.15) is 5.54 Å². The fraction of sp³-hybridized carbons (Fsp3) is 0.300. The summed E-state index contributed by atoms with van der Waals surface area (Å²) in [6.07, 6.45) is 0. The molecule has 0 fully saturated rings. The fourth-order valence-electron chi connectivity index (χ4n) is 1.12. The molecule has 3 N–H and O–H groups in total. The highest BCUT2D eigenvalue weighted by atomic mass is 79.9.